The number of thioether (sulfide) groups is 2. The van der Waals surface area contributed by atoms with Crippen molar-refractivity contribution in [3.05, 3.63) is 111 Å². The molecule has 1 atom stereocenters. The van der Waals surface area contributed by atoms with Crippen LogP contribution in [-0.4, -0.2) is 8.94 Å². The van der Waals surface area contributed by atoms with E-state index in [9.17, 15) is 9.18 Å². The third-order valence-electron chi connectivity index (χ3n) is 4.60. The SMILES string of the molecule is O=c1sc2c(n1-c1ccccc1)SC(=Nc1ccc(F)cc1)SC2c1ccccc1. The van der Waals surface area contributed by atoms with Gasteiger partial charge in [-0.3, -0.25) is 9.36 Å². The van der Waals surface area contributed by atoms with Crippen LogP contribution in [0.25, 0.3) is 5.69 Å². The van der Waals surface area contributed by atoms with Gasteiger partial charge in [-0.15, -0.1) is 0 Å². The topological polar surface area (TPSA) is 34.4 Å². The molecule has 0 N–H and O–H groups in total. The minimum absolute atomic E-state index is 0.0109. The summed E-state index contributed by atoms with van der Waals surface area (Å²) in [5.74, 6) is -0.289. The number of thiazole rings is 1. The van der Waals surface area contributed by atoms with E-state index in [1.54, 1.807) is 28.5 Å². The Labute approximate surface area is 185 Å². The highest BCUT2D eigenvalue weighted by Crippen LogP contribution is 2.51. The van der Waals surface area contributed by atoms with Crippen LogP contribution in [0.2, 0.25) is 0 Å². The number of hydrogen-bond acceptors (Lipinski definition) is 5. The summed E-state index contributed by atoms with van der Waals surface area (Å²) < 4.78 is 15.9. The fourth-order valence-corrected chi connectivity index (χ4v) is 7.19. The summed E-state index contributed by atoms with van der Waals surface area (Å²) in [6, 6.07) is 25.9. The lowest BCUT2D eigenvalue weighted by molar-refractivity contribution is 0.628. The molecule has 0 amide bonds. The van der Waals surface area contributed by atoms with Crippen molar-refractivity contribution in [3.63, 3.8) is 0 Å². The molecule has 1 aliphatic heterocycles. The van der Waals surface area contributed by atoms with Crippen molar-refractivity contribution < 1.29 is 4.39 Å². The second-order valence-corrected chi connectivity index (χ2v) is 9.90. The third kappa shape index (κ3) is 3.76. The molecule has 2 heterocycles. The Morgan fingerprint density at radius 1 is 0.867 bits per heavy atom. The molecule has 0 radical (unpaired) electrons. The molecule has 0 saturated heterocycles. The van der Waals surface area contributed by atoms with E-state index < -0.39 is 0 Å². The molecule has 1 aromatic heterocycles. The maximum Gasteiger partial charge on any atom is 0.312 e. The Hall–Kier alpha value is -2.61. The van der Waals surface area contributed by atoms with E-state index in [-0.39, 0.29) is 15.9 Å². The van der Waals surface area contributed by atoms with Crippen molar-refractivity contribution in [1.82, 2.24) is 4.57 Å². The highest BCUT2D eigenvalue weighted by molar-refractivity contribution is 8.39. The summed E-state index contributed by atoms with van der Waals surface area (Å²) in [6.45, 7) is 0. The quantitative estimate of drug-likeness (QED) is 0.350. The smallest absolute Gasteiger partial charge is 0.261 e. The molecule has 30 heavy (non-hydrogen) atoms. The largest absolute Gasteiger partial charge is 0.312 e. The minimum Gasteiger partial charge on any atom is -0.261 e. The Bertz CT molecular complexity index is 1270. The van der Waals surface area contributed by atoms with Gasteiger partial charge in [-0.25, -0.2) is 9.38 Å². The second kappa shape index (κ2) is 8.26. The molecule has 5 rings (SSSR count). The van der Waals surface area contributed by atoms with Gasteiger partial charge in [-0.2, -0.15) is 0 Å². The van der Waals surface area contributed by atoms with Gasteiger partial charge >= 0.3 is 4.87 Å². The van der Waals surface area contributed by atoms with Crippen LogP contribution in [0.5, 0.6) is 0 Å². The number of aromatic nitrogens is 1. The Morgan fingerprint density at radius 2 is 1.53 bits per heavy atom. The van der Waals surface area contributed by atoms with Crippen molar-refractivity contribution in [3.8, 4) is 5.69 Å². The minimum atomic E-state index is -0.289. The van der Waals surface area contributed by atoms with Crippen LogP contribution in [0.15, 0.2) is 99.7 Å². The molecule has 0 saturated carbocycles. The molecule has 3 aromatic carbocycles. The van der Waals surface area contributed by atoms with Crippen LogP contribution < -0.4 is 4.87 Å². The molecule has 148 valence electrons. The fraction of sp³-hybridized carbons (Fsp3) is 0.0435. The molecule has 0 fully saturated rings. The number of aliphatic imine (C=N–C) groups is 1. The summed E-state index contributed by atoms with van der Waals surface area (Å²) in [6.07, 6.45) is 0. The monoisotopic (exact) mass is 450 g/mol. The number of hydrogen-bond donors (Lipinski definition) is 0. The first-order valence-corrected chi connectivity index (χ1v) is 11.8. The van der Waals surface area contributed by atoms with E-state index in [1.807, 2.05) is 48.5 Å². The lowest BCUT2D eigenvalue weighted by atomic mass is 10.1. The zero-order chi connectivity index (χ0) is 20.5. The average Bonchev–Trinajstić information content (AvgIpc) is 3.11. The number of benzene rings is 3. The van der Waals surface area contributed by atoms with Crippen molar-refractivity contribution in [2.45, 2.75) is 10.3 Å². The van der Waals surface area contributed by atoms with Gasteiger partial charge in [0.15, 0.2) is 0 Å². The summed E-state index contributed by atoms with van der Waals surface area (Å²) in [4.78, 5) is 18.7. The predicted molar refractivity (Wildman–Crippen MR) is 125 cm³/mol. The Morgan fingerprint density at radius 3 is 2.23 bits per heavy atom. The third-order valence-corrected chi connectivity index (χ3v) is 8.32. The van der Waals surface area contributed by atoms with Crippen molar-refractivity contribution in [1.29, 1.82) is 0 Å². The molecule has 0 aliphatic carbocycles. The lowest BCUT2D eigenvalue weighted by Crippen LogP contribution is -2.13. The van der Waals surface area contributed by atoms with E-state index in [0.717, 1.165) is 25.5 Å². The molecule has 1 aliphatic rings. The van der Waals surface area contributed by atoms with Gasteiger partial charge in [-0.1, -0.05) is 71.6 Å². The first kappa shape index (κ1) is 19.4. The maximum absolute atomic E-state index is 13.3. The van der Waals surface area contributed by atoms with Crippen LogP contribution in [-0.2, 0) is 0 Å². The number of nitrogens with zero attached hydrogens (tertiary/aromatic N) is 2. The van der Waals surface area contributed by atoms with E-state index in [0.29, 0.717) is 5.69 Å². The number of para-hydroxylation sites is 1. The molecular formula is C23H15FN2OS3. The van der Waals surface area contributed by atoms with Crippen LogP contribution in [0.3, 0.4) is 0 Å². The predicted octanol–water partition coefficient (Wildman–Crippen LogP) is 6.65. The van der Waals surface area contributed by atoms with Crippen LogP contribution in [0, 0.1) is 5.82 Å². The Kier molecular flexibility index (Phi) is 5.33. The first-order valence-electron chi connectivity index (χ1n) is 9.24. The van der Waals surface area contributed by atoms with Crippen LogP contribution >= 0.6 is 34.9 Å². The highest BCUT2D eigenvalue weighted by atomic mass is 32.2. The molecule has 1 unspecified atom stereocenters. The van der Waals surface area contributed by atoms with Gasteiger partial charge in [0.1, 0.15) is 15.2 Å². The highest BCUT2D eigenvalue weighted by Gasteiger charge is 2.32. The van der Waals surface area contributed by atoms with E-state index in [1.165, 1.54) is 35.2 Å². The molecule has 4 aromatic rings. The summed E-state index contributed by atoms with van der Waals surface area (Å²) in [5, 5.41) is 0.869. The average molecular weight is 451 g/mol. The van der Waals surface area contributed by atoms with Crippen LogP contribution in [0.4, 0.5) is 10.1 Å². The normalized spacial score (nSPS) is 17.1. The summed E-state index contributed by atoms with van der Waals surface area (Å²) in [7, 11) is 0. The number of halogens is 1. The van der Waals surface area contributed by atoms with Crippen LogP contribution in [0.1, 0.15) is 15.7 Å². The van der Waals surface area contributed by atoms with Crippen molar-refractivity contribution >= 4 is 44.9 Å². The summed E-state index contributed by atoms with van der Waals surface area (Å²) >= 11 is 4.40. The zero-order valence-electron chi connectivity index (χ0n) is 15.6. The Balaban J connectivity index is 1.66. The maximum atomic E-state index is 13.3. The first-order chi connectivity index (χ1) is 14.7. The van der Waals surface area contributed by atoms with Gasteiger partial charge < -0.3 is 0 Å². The van der Waals surface area contributed by atoms with Gasteiger partial charge in [0.25, 0.3) is 0 Å². The van der Waals surface area contributed by atoms with Crippen molar-refractivity contribution in [2.24, 2.45) is 4.99 Å². The van der Waals surface area contributed by atoms with E-state index in [2.05, 4.69) is 12.1 Å². The molecular weight excluding hydrogens is 435 g/mol. The van der Waals surface area contributed by atoms with E-state index in [4.69, 9.17) is 4.99 Å². The number of rotatable bonds is 3. The lowest BCUT2D eigenvalue weighted by Gasteiger charge is -2.23. The molecule has 3 nitrogen and oxygen atoms in total. The van der Waals surface area contributed by atoms with Gasteiger partial charge in [0.2, 0.25) is 0 Å². The molecule has 0 spiro atoms. The van der Waals surface area contributed by atoms with Gasteiger partial charge in [-0.05, 0) is 53.7 Å². The molecule has 7 heteroatoms. The zero-order valence-corrected chi connectivity index (χ0v) is 18.0. The van der Waals surface area contributed by atoms with Gasteiger partial charge in [0, 0.05) is 0 Å². The summed E-state index contributed by atoms with van der Waals surface area (Å²) in [5.41, 5.74) is 2.65. The molecule has 0 bridgehead atoms. The van der Waals surface area contributed by atoms with Crippen molar-refractivity contribution in [2.75, 3.05) is 0 Å². The standard InChI is InChI=1S/C23H15FN2OS3/c24-16-11-13-17(14-12-16)25-22-28-19(15-7-3-1-4-8-15)20-21(30-22)26(23(27)29-20)18-9-5-2-6-10-18/h1-14,19H. The van der Waals surface area contributed by atoms with Gasteiger partial charge in [0.05, 0.1) is 21.5 Å². The van der Waals surface area contributed by atoms with E-state index >= 15 is 0 Å². The second-order valence-electron chi connectivity index (χ2n) is 6.57. The fourth-order valence-electron chi connectivity index (χ4n) is 3.22. The number of fused-ring (bicyclic) bond motifs is 1.